The maximum absolute atomic E-state index is 12.0. The summed E-state index contributed by atoms with van der Waals surface area (Å²) in [6.45, 7) is 2.88. The van der Waals surface area contributed by atoms with Crippen molar-refractivity contribution in [3.63, 3.8) is 0 Å². The van der Waals surface area contributed by atoms with E-state index in [0.29, 0.717) is 6.04 Å². The van der Waals surface area contributed by atoms with E-state index in [4.69, 9.17) is 10.5 Å². The molecular weight excluding hydrogens is 340 g/mol. The van der Waals surface area contributed by atoms with Crippen LogP contribution in [-0.4, -0.2) is 35.8 Å². The predicted molar refractivity (Wildman–Crippen MR) is 106 cm³/mol. The first-order valence-electron chi connectivity index (χ1n) is 9.13. The lowest BCUT2D eigenvalue weighted by Crippen LogP contribution is -2.29. The van der Waals surface area contributed by atoms with Crippen molar-refractivity contribution in [2.24, 2.45) is 5.73 Å². The highest BCUT2D eigenvalue weighted by molar-refractivity contribution is 6.05. The molecule has 0 saturated heterocycles. The number of methoxy groups -OCH3 is 1. The number of ether oxygens (including phenoxy) is 1. The van der Waals surface area contributed by atoms with Gasteiger partial charge in [0.25, 0.3) is 5.91 Å². The summed E-state index contributed by atoms with van der Waals surface area (Å²) in [6, 6.07) is 14.4. The Balaban J connectivity index is 1.87. The quantitative estimate of drug-likeness (QED) is 0.727. The van der Waals surface area contributed by atoms with E-state index in [9.17, 15) is 4.79 Å². The molecule has 1 aliphatic rings. The van der Waals surface area contributed by atoms with Crippen LogP contribution in [0.1, 0.15) is 30.3 Å². The molecule has 1 amide bonds. The van der Waals surface area contributed by atoms with E-state index in [0.717, 1.165) is 52.9 Å². The fourth-order valence-electron chi connectivity index (χ4n) is 3.52. The Hall–Kier alpha value is -3.15. The Kier molecular flexibility index (Phi) is 4.39. The molecular formula is C21H22N4O2. The summed E-state index contributed by atoms with van der Waals surface area (Å²) in [5, 5.41) is 9.34. The first-order valence-corrected chi connectivity index (χ1v) is 9.13. The normalized spacial score (nSPS) is 13.6. The Morgan fingerprint density at radius 2 is 1.96 bits per heavy atom. The molecule has 4 rings (SSSR count). The molecule has 2 N–H and O–H groups in total. The smallest absolute Gasteiger partial charge is 0.271 e. The number of carbonyl (C=O) groups excluding carboxylic acids is 1. The summed E-state index contributed by atoms with van der Waals surface area (Å²) in [4.78, 5) is 14.2. The number of carbonyl (C=O) groups is 1. The van der Waals surface area contributed by atoms with Crippen LogP contribution < -0.4 is 15.4 Å². The molecule has 1 aliphatic carbocycles. The molecule has 2 aromatic carbocycles. The third-order valence-corrected chi connectivity index (χ3v) is 4.99. The SMILES string of the molecule is CCN(c1c(C(N)=O)nnc2cc(-c3cccc(OC)c3)ccc12)C1CC1. The lowest BCUT2D eigenvalue weighted by atomic mass is 10.0. The van der Waals surface area contributed by atoms with Crippen LogP contribution >= 0.6 is 0 Å². The zero-order chi connectivity index (χ0) is 19.0. The van der Waals surface area contributed by atoms with E-state index in [2.05, 4.69) is 22.0 Å². The Bertz CT molecular complexity index is 1010. The van der Waals surface area contributed by atoms with Gasteiger partial charge in [0.15, 0.2) is 5.69 Å². The van der Waals surface area contributed by atoms with E-state index in [1.54, 1.807) is 7.11 Å². The van der Waals surface area contributed by atoms with Crippen LogP contribution in [0.15, 0.2) is 42.5 Å². The van der Waals surface area contributed by atoms with E-state index in [-0.39, 0.29) is 5.69 Å². The molecule has 3 aromatic rings. The van der Waals surface area contributed by atoms with Gasteiger partial charge in [-0.1, -0.05) is 18.2 Å². The number of hydrogen-bond donors (Lipinski definition) is 1. The highest BCUT2D eigenvalue weighted by atomic mass is 16.5. The van der Waals surface area contributed by atoms with Gasteiger partial charge in [0, 0.05) is 18.0 Å². The fraction of sp³-hybridized carbons (Fsp3) is 0.286. The van der Waals surface area contributed by atoms with Gasteiger partial charge in [-0.2, -0.15) is 0 Å². The van der Waals surface area contributed by atoms with Crippen molar-refractivity contribution in [3.05, 3.63) is 48.2 Å². The summed E-state index contributed by atoms with van der Waals surface area (Å²) in [5.41, 5.74) is 9.43. The van der Waals surface area contributed by atoms with Crippen molar-refractivity contribution < 1.29 is 9.53 Å². The second kappa shape index (κ2) is 6.87. The van der Waals surface area contributed by atoms with Crippen LogP contribution in [0.5, 0.6) is 5.75 Å². The minimum Gasteiger partial charge on any atom is -0.497 e. The molecule has 1 fully saturated rings. The molecule has 0 radical (unpaired) electrons. The average molecular weight is 362 g/mol. The molecule has 0 bridgehead atoms. The topological polar surface area (TPSA) is 81.3 Å². The summed E-state index contributed by atoms with van der Waals surface area (Å²) in [5.74, 6) is 0.254. The molecule has 138 valence electrons. The van der Waals surface area contributed by atoms with Crippen LogP contribution in [0.4, 0.5) is 5.69 Å². The summed E-state index contributed by atoms with van der Waals surface area (Å²) >= 11 is 0. The summed E-state index contributed by atoms with van der Waals surface area (Å²) < 4.78 is 5.32. The fourth-order valence-corrected chi connectivity index (χ4v) is 3.52. The van der Waals surface area contributed by atoms with Gasteiger partial charge in [0.05, 0.1) is 18.3 Å². The number of rotatable bonds is 6. The Morgan fingerprint density at radius 3 is 2.63 bits per heavy atom. The predicted octanol–water partition coefficient (Wildman–Crippen LogP) is 3.39. The Labute approximate surface area is 158 Å². The van der Waals surface area contributed by atoms with E-state index in [1.807, 2.05) is 42.5 Å². The van der Waals surface area contributed by atoms with Gasteiger partial charge >= 0.3 is 0 Å². The van der Waals surface area contributed by atoms with Gasteiger partial charge in [-0.3, -0.25) is 4.79 Å². The molecule has 0 spiro atoms. The number of nitrogens with two attached hydrogens (primary N) is 1. The lowest BCUT2D eigenvalue weighted by molar-refractivity contribution is 0.0995. The lowest BCUT2D eigenvalue weighted by Gasteiger charge is -2.25. The van der Waals surface area contributed by atoms with Gasteiger partial charge in [0.2, 0.25) is 0 Å². The molecule has 0 atom stereocenters. The number of amides is 1. The third-order valence-electron chi connectivity index (χ3n) is 4.99. The van der Waals surface area contributed by atoms with Gasteiger partial charge in [0.1, 0.15) is 5.75 Å². The first-order chi connectivity index (χ1) is 13.1. The van der Waals surface area contributed by atoms with Crippen LogP contribution in [0.3, 0.4) is 0 Å². The molecule has 27 heavy (non-hydrogen) atoms. The third kappa shape index (κ3) is 3.18. The number of hydrogen-bond acceptors (Lipinski definition) is 5. The van der Waals surface area contributed by atoms with Gasteiger partial charge < -0.3 is 15.4 Å². The van der Waals surface area contributed by atoms with Crippen LogP contribution in [0.25, 0.3) is 22.0 Å². The van der Waals surface area contributed by atoms with Crippen molar-refractivity contribution in [2.75, 3.05) is 18.6 Å². The number of benzene rings is 2. The zero-order valence-electron chi connectivity index (χ0n) is 15.5. The first kappa shape index (κ1) is 17.3. The summed E-state index contributed by atoms with van der Waals surface area (Å²) in [6.07, 6.45) is 2.25. The van der Waals surface area contributed by atoms with Crippen molar-refractivity contribution in [1.29, 1.82) is 0 Å². The minimum absolute atomic E-state index is 0.241. The number of nitrogens with zero attached hydrogens (tertiary/aromatic N) is 3. The summed E-state index contributed by atoms with van der Waals surface area (Å²) in [7, 11) is 1.65. The number of anilines is 1. The molecule has 6 nitrogen and oxygen atoms in total. The van der Waals surface area contributed by atoms with E-state index >= 15 is 0 Å². The second-order valence-corrected chi connectivity index (χ2v) is 6.74. The van der Waals surface area contributed by atoms with Crippen molar-refractivity contribution in [2.45, 2.75) is 25.8 Å². The van der Waals surface area contributed by atoms with Crippen LogP contribution in [0.2, 0.25) is 0 Å². The van der Waals surface area contributed by atoms with E-state index < -0.39 is 5.91 Å². The van der Waals surface area contributed by atoms with Crippen LogP contribution in [0, 0.1) is 0 Å². The van der Waals surface area contributed by atoms with Crippen LogP contribution in [-0.2, 0) is 0 Å². The van der Waals surface area contributed by atoms with Crippen molar-refractivity contribution >= 4 is 22.5 Å². The average Bonchev–Trinajstić information content (AvgIpc) is 3.53. The molecule has 1 heterocycles. The van der Waals surface area contributed by atoms with Gasteiger partial charge in [-0.05, 0) is 55.2 Å². The maximum atomic E-state index is 12.0. The molecule has 0 unspecified atom stereocenters. The standard InChI is InChI=1S/C21H22N4O2/c1-3-25(15-8-9-15)20-17-10-7-14(13-5-4-6-16(11-13)27-2)12-18(17)23-24-19(20)21(22)26/h4-7,10-12,15H,3,8-9H2,1-2H3,(H2,22,26). The van der Waals surface area contributed by atoms with Crippen molar-refractivity contribution in [1.82, 2.24) is 10.2 Å². The number of fused-ring (bicyclic) bond motifs is 1. The molecule has 0 aliphatic heterocycles. The highest BCUT2D eigenvalue weighted by Crippen LogP contribution is 2.37. The molecule has 1 saturated carbocycles. The largest absolute Gasteiger partial charge is 0.497 e. The molecule has 1 aromatic heterocycles. The molecule has 6 heteroatoms. The monoisotopic (exact) mass is 362 g/mol. The second-order valence-electron chi connectivity index (χ2n) is 6.74. The van der Waals surface area contributed by atoms with Gasteiger partial charge in [-0.15, -0.1) is 10.2 Å². The van der Waals surface area contributed by atoms with E-state index in [1.165, 1.54) is 0 Å². The van der Waals surface area contributed by atoms with Gasteiger partial charge in [-0.25, -0.2) is 0 Å². The minimum atomic E-state index is -0.546. The van der Waals surface area contributed by atoms with Crippen molar-refractivity contribution in [3.8, 4) is 16.9 Å². The number of primary amides is 1. The maximum Gasteiger partial charge on any atom is 0.271 e. The zero-order valence-corrected chi connectivity index (χ0v) is 15.5. The Morgan fingerprint density at radius 1 is 1.19 bits per heavy atom. The highest BCUT2D eigenvalue weighted by Gasteiger charge is 2.32. The number of aromatic nitrogens is 2.